The number of hydrogen-bond donors (Lipinski definition) is 2. The zero-order chi connectivity index (χ0) is 16.2. The number of ether oxygens (including phenoxy) is 1. The molecule has 5 nitrogen and oxygen atoms in total. The number of halogens is 1. The predicted molar refractivity (Wildman–Crippen MR) is 107 cm³/mol. The molecule has 0 aliphatic rings. The molecule has 1 atom stereocenters. The first-order valence-corrected chi connectivity index (χ1v) is 8.21. The van der Waals surface area contributed by atoms with Gasteiger partial charge >= 0.3 is 0 Å². The van der Waals surface area contributed by atoms with Gasteiger partial charge in [-0.3, -0.25) is 4.98 Å². The van der Waals surface area contributed by atoms with E-state index in [2.05, 4.69) is 41.4 Å². The fraction of sp³-hybridized carbons (Fsp3) is 0.647. The van der Waals surface area contributed by atoms with Gasteiger partial charge in [-0.15, -0.1) is 24.0 Å². The predicted octanol–water partition coefficient (Wildman–Crippen LogP) is 3.21. The Bertz CT molecular complexity index is 426. The van der Waals surface area contributed by atoms with E-state index >= 15 is 0 Å². The Balaban J connectivity index is 0.00000484. The van der Waals surface area contributed by atoms with E-state index in [1.54, 1.807) is 6.20 Å². The van der Waals surface area contributed by atoms with Gasteiger partial charge in [0.15, 0.2) is 5.96 Å². The van der Waals surface area contributed by atoms with Gasteiger partial charge in [0.2, 0.25) is 0 Å². The summed E-state index contributed by atoms with van der Waals surface area (Å²) >= 11 is 0. The van der Waals surface area contributed by atoms with Crippen LogP contribution < -0.4 is 10.6 Å². The van der Waals surface area contributed by atoms with E-state index in [-0.39, 0.29) is 30.1 Å². The van der Waals surface area contributed by atoms with Crippen molar-refractivity contribution >= 4 is 29.9 Å². The van der Waals surface area contributed by atoms with Gasteiger partial charge in [0.05, 0.1) is 18.3 Å². The maximum Gasteiger partial charge on any atom is 0.191 e. The van der Waals surface area contributed by atoms with Gasteiger partial charge < -0.3 is 15.4 Å². The summed E-state index contributed by atoms with van der Waals surface area (Å²) in [4.78, 5) is 8.85. The lowest BCUT2D eigenvalue weighted by molar-refractivity contribution is 0.0258. The Kier molecular flexibility index (Phi) is 13.0. The van der Waals surface area contributed by atoms with E-state index < -0.39 is 0 Å². The van der Waals surface area contributed by atoms with E-state index in [9.17, 15) is 0 Å². The van der Waals surface area contributed by atoms with Crippen LogP contribution >= 0.6 is 24.0 Å². The molecule has 2 N–H and O–H groups in total. The summed E-state index contributed by atoms with van der Waals surface area (Å²) in [5, 5.41) is 6.62. The molecular formula is C17H31IN4O. The van der Waals surface area contributed by atoms with Crippen LogP contribution in [0, 0.1) is 5.92 Å². The second kappa shape index (κ2) is 13.5. The van der Waals surface area contributed by atoms with Gasteiger partial charge in [-0.05, 0) is 38.3 Å². The molecule has 0 bridgehead atoms. The Morgan fingerprint density at radius 1 is 1.26 bits per heavy atom. The third kappa shape index (κ3) is 9.76. The molecule has 132 valence electrons. The van der Waals surface area contributed by atoms with Gasteiger partial charge in [-0.1, -0.05) is 19.9 Å². The molecule has 0 amide bonds. The van der Waals surface area contributed by atoms with Crippen molar-refractivity contribution in [1.29, 1.82) is 0 Å². The lowest BCUT2D eigenvalue weighted by Crippen LogP contribution is -2.39. The summed E-state index contributed by atoms with van der Waals surface area (Å²) < 4.78 is 5.76. The smallest absolute Gasteiger partial charge is 0.191 e. The van der Waals surface area contributed by atoms with Crippen LogP contribution in [0.25, 0.3) is 0 Å². The summed E-state index contributed by atoms with van der Waals surface area (Å²) in [5.74, 6) is 1.35. The Labute approximate surface area is 157 Å². The van der Waals surface area contributed by atoms with Gasteiger partial charge in [0.25, 0.3) is 0 Å². The van der Waals surface area contributed by atoms with Crippen LogP contribution in [-0.4, -0.2) is 36.7 Å². The molecule has 0 saturated heterocycles. The normalized spacial score (nSPS) is 12.7. The third-order valence-electron chi connectivity index (χ3n) is 3.32. The maximum atomic E-state index is 5.76. The molecule has 1 aromatic rings. The highest BCUT2D eigenvalue weighted by atomic mass is 127. The van der Waals surface area contributed by atoms with Crippen LogP contribution in [0.2, 0.25) is 0 Å². The van der Waals surface area contributed by atoms with E-state index in [1.807, 2.05) is 25.1 Å². The van der Waals surface area contributed by atoms with E-state index in [0.717, 1.165) is 37.8 Å². The molecule has 1 rings (SSSR count). The average molecular weight is 434 g/mol. The molecule has 0 saturated carbocycles. The molecule has 0 fully saturated rings. The summed E-state index contributed by atoms with van der Waals surface area (Å²) in [6.07, 6.45) is 3.05. The molecule has 1 aromatic heterocycles. The molecule has 0 radical (unpaired) electrons. The second-order valence-corrected chi connectivity index (χ2v) is 5.47. The SMILES string of the molecule is CCNC(=NCc1ccccn1)NCCC(OCC)C(C)C.I. The van der Waals surface area contributed by atoms with Crippen molar-refractivity contribution in [2.75, 3.05) is 19.7 Å². The van der Waals surface area contributed by atoms with Crippen molar-refractivity contribution in [2.24, 2.45) is 10.9 Å². The molecule has 0 aromatic carbocycles. The second-order valence-electron chi connectivity index (χ2n) is 5.47. The number of rotatable bonds is 9. The van der Waals surface area contributed by atoms with E-state index in [1.165, 1.54) is 0 Å². The molecular weight excluding hydrogens is 403 g/mol. The summed E-state index contributed by atoms with van der Waals surface area (Å²) in [5.41, 5.74) is 0.967. The number of aromatic nitrogens is 1. The quantitative estimate of drug-likeness (QED) is 0.356. The van der Waals surface area contributed by atoms with Gasteiger partial charge in [-0.2, -0.15) is 0 Å². The third-order valence-corrected chi connectivity index (χ3v) is 3.32. The number of nitrogens with zero attached hydrogens (tertiary/aromatic N) is 2. The van der Waals surface area contributed by atoms with Crippen molar-refractivity contribution in [3.63, 3.8) is 0 Å². The van der Waals surface area contributed by atoms with Crippen molar-refractivity contribution < 1.29 is 4.74 Å². The number of guanidine groups is 1. The molecule has 1 unspecified atom stereocenters. The molecule has 0 aliphatic carbocycles. The summed E-state index contributed by atoms with van der Waals surface area (Å²) in [6, 6.07) is 5.88. The van der Waals surface area contributed by atoms with Crippen LogP contribution in [0.3, 0.4) is 0 Å². The van der Waals surface area contributed by atoms with Gasteiger partial charge in [-0.25, -0.2) is 4.99 Å². The largest absolute Gasteiger partial charge is 0.378 e. The number of nitrogens with one attached hydrogen (secondary N) is 2. The molecule has 23 heavy (non-hydrogen) atoms. The number of hydrogen-bond acceptors (Lipinski definition) is 3. The first kappa shape index (κ1) is 22.1. The van der Waals surface area contributed by atoms with Gasteiger partial charge in [0, 0.05) is 25.9 Å². The Morgan fingerprint density at radius 2 is 2.04 bits per heavy atom. The zero-order valence-corrected chi connectivity index (χ0v) is 17.0. The molecule has 0 spiro atoms. The van der Waals surface area contributed by atoms with Crippen LogP contribution in [0.15, 0.2) is 29.4 Å². The van der Waals surface area contributed by atoms with E-state index in [0.29, 0.717) is 12.5 Å². The minimum absolute atomic E-state index is 0. The molecule has 0 aliphatic heterocycles. The fourth-order valence-electron chi connectivity index (χ4n) is 2.15. The standard InChI is InChI=1S/C17H30N4O.HI/c1-5-18-17(21-13-15-9-7-8-11-19-15)20-12-10-16(14(3)4)22-6-2;/h7-9,11,14,16H,5-6,10,12-13H2,1-4H3,(H2,18,20,21);1H. The Hall–Kier alpha value is -0.890. The lowest BCUT2D eigenvalue weighted by atomic mass is 10.0. The van der Waals surface area contributed by atoms with Crippen LogP contribution in [0.5, 0.6) is 0 Å². The van der Waals surface area contributed by atoms with Crippen LogP contribution in [-0.2, 0) is 11.3 Å². The van der Waals surface area contributed by atoms with Crippen molar-refractivity contribution in [3.05, 3.63) is 30.1 Å². The van der Waals surface area contributed by atoms with Crippen molar-refractivity contribution in [2.45, 2.75) is 46.8 Å². The highest BCUT2D eigenvalue weighted by Crippen LogP contribution is 2.09. The first-order chi connectivity index (χ1) is 10.7. The summed E-state index contributed by atoms with van der Waals surface area (Å²) in [6.45, 7) is 11.5. The first-order valence-electron chi connectivity index (χ1n) is 8.21. The van der Waals surface area contributed by atoms with Crippen LogP contribution in [0.4, 0.5) is 0 Å². The lowest BCUT2D eigenvalue weighted by Gasteiger charge is -2.21. The maximum absolute atomic E-state index is 5.76. The monoisotopic (exact) mass is 434 g/mol. The highest BCUT2D eigenvalue weighted by Gasteiger charge is 2.12. The van der Waals surface area contributed by atoms with E-state index in [4.69, 9.17) is 4.74 Å². The van der Waals surface area contributed by atoms with Gasteiger partial charge in [0.1, 0.15) is 0 Å². The minimum Gasteiger partial charge on any atom is -0.378 e. The van der Waals surface area contributed by atoms with Crippen molar-refractivity contribution in [1.82, 2.24) is 15.6 Å². The van der Waals surface area contributed by atoms with Crippen LogP contribution in [0.1, 0.15) is 39.8 Å². The zero-order valence-electron chi connectivity index (χ0n) is 14.7. The van der Waals surface area contributed by atoms with Crippen molar-refractivity contribution in [3.8, 4) is 0 Å². The number of aliphatic imine (C=N–C) groups is 1. The summed E-state index contributed by atoms with van der Waals surface area (Å²) in [7, 11) is 0. The average Bonchev–Trinajstić information content (AvgIpc) is 2.52. The highest BCUT2D eigenvalue weighted by molar-refractivity contribution is 14.0. The molecule has 6 heteroatoms. The fourth-order valence-corrected chi connectivity index (χ4v) is 2.15. The minimum atomic E-state index is 0. The Morgan fingerprint density at radius 3 is 2.61 bits per heavy atom. The topological polar surface area (TPSA) is 58.5 Å². The number of pyridine rings is 1. The molecule has 1 heterocycles.